The van der Waals surface area contributed by atoms with Gasteiger partial charge in [0.15, 0.2) is 34.9 Å². The van der Waals surface area contributed by atoms with E-state index in [-0.39, 0.29) is 11.8 Å². The van der Waals surface area contributed by atoms with Gasteiger partial charge in [-0.3, -0.25) is 0 Å². The van der Waals surface area contributed by atoms with Crippen molar-refractivity contribution in [2.75, 3.05) is 0 Å². The second-order valence-corrected chi connectivity index (χ2v) is 19.0. The number of nitrogens with zero attached hydrogens (tertiary/aromatic N) is 6. The van der Waals surface area contributed by atoms with Gasteiger partial charge in [-0.15, -0.1) is 0 Å². The van der Waals surface area contributed by atoms with Crippen molar-refractivity contribution in [3.05, 3.63) is 288 Å². The maximum atomic E-state index is 5.34. The highest BCUT2D eigenvalue weighted by atomic mass is 15.0. The maximum Gasteiger partial charge on any atom is 0.164 e. The third kappa shape index (κ3) is 7.68. The summed E-state index contributed by atoms with van der Waals surface area (Å²) < 4.78 is 0. The number of benzene rings is 10. The summed E-state index contributed by atoms with van der Waals surface area (Å²) in [5.74, 6) is 3.82. The van der Waals surface area contributed by atoms with Gasteiger partial charge in [0.05, 0.1) is 0 Å². The summed E-state index contributed by atoms with van der Waals surface area (Å²) in [6, 6.07) is 89.6. The molecule has 3 aliphatic rings. The largest absolute Gasteiger partial charge is 0.208 e. The van der Waals surface area contributed by atoms with Crippen molar-refractivity contribution in [1.29, 1.82) is 0 Å². The summed E-state index contributed by atoms with van der Waals surface area (Å²) in [5.41, 5.74) is 20.2. The molecule has 74 heavy (non-hydrogen) atoms. The number of rotatable bonds is 9. The van der Waals surface area contributed by atoms with Crippen LogP contribution in [0.4, 0.5) is 0 Å². The van der Waals surface area contributed by atoms with Gasteiger partial charge in [0.25, 0.3) is 0 Å². The van der Waals surface area contributed by atoms with Crippen LogP contribution in [0.5, 0.6) is 0 Å². The predicted octanol–water partition coefficient (Wildman–Crippen LogP) is 16.0. The molecule has 12 aromatic rings. The molecule has 0 aliphatic heterocycles. The summed E-state index contributed by atoms with van der Waals surface area (Å²) in [6.45, 7) is 0. The zero-order valence-electron chi connectivity index (χ0n) is 40.1. The van der Waals surface area contributed by atoms with E-state index in [1.165, 1.54) is 38.9 Å². The second kappa shape index (κ2) is 18.1. The molecule has 2 bridgehead atoms. The Bertz CT molecular complexity index is 4010. The minimum absolute atomic E-state index is 0.00496. The van der Waals surface area contributed by atoms with Crippen molar-refractivity contribution < 1.29 is 0 Å². The van der Waals surface area contributed by atoms with Crippen LogP contribution in [0.1, 0.15) is 45.2 Å². The molecule has 2 aromatic heterocycles. The van der Waals surface area contributed by atoms with E-state index in [2.05, 4.69) is 176 Å². The zero-order valence-corrected chi connectivity index (χ0v) is 40.1. The molecule has 6 nitrogen and oxygen atoms in total. The molecular formula is C68H44N6. The Morgan fingerprint density at radius 3 is 0.946 bits per heavy atom. The van der Waals surface area contributed by atoms with Crippen molar-refractivity contribution in [2.45, 2.75) is 11.8 Å². The van der Waals surface area contributed by atoms with E-state index < -0.39 is 0 Å². The Morgan fingerprint density at radius 1 is 0.176 bits per heavy atom. The molecule has 0 N–H and O–H groups in total. The third-order valence-electron chi connectivity index (χ3n) is 14.6. The maximum absolute atomic E-state index is 5.34. The lowest BCUT2D eigenvalue weighted by molar-refractivity contribution is 0.754. The van der Waals surface area contributed by atoms with E-state index in [1.54, 1.807) is 0 Å². The highest BCUT2D eigenvalue weighted by Crippen LogP contribution is 2.56. The lowest BCUT2D eigenvalue weighted by Gasteiger charge is -2.42. The molecule has 0 saturated carbocycles. The van der Waals surface area contributed by atoms with E-state index in [1.807, 2.05) is 78.9 Å². The van der Waals surface area contributed by atoms with Gasteiger partial charge in [0, 0.05) is 45.2 Å². The van der Waals surface area contributed by atoms with E-state index in [4.69, 9.17) is 29.9 Å². The Kier molecular flexibility index (Phi) is 10.5. The molecule has 10 aromatic carbocycles. The first-order valence-electron chi connectivity index (χ1n) is 25.1. The molecule has 0 amide bonds. The molecule has 2 heterocycles. The third-order valence-corrected chi connectivity index (χ3v) is 14.6. The number of hydrogen-bond donors (Lipinski definition) is 0. The molecule has 0 fully saturated rings. The topological polar surface area (TPSA) is 77.3 Å². The van der Waals surface area contributed by atoms with Crippen LogP contribution < -0.4 is 0 Å². The molecular weight excluding hydrogens is 901 g/mol. The van der Waals surface area contributed by atoms with Crippen molar-refractivity contribution >= 4 is 0 Å². The number of aromatic nitrogens is 6. The van der Waals surface area contributed by atoms with E-state index >= 15 is 0 Å². The van der Waals surface area contributed by atoms with E-state index in [9.17, 15) is 0 Å². The number of hydrogen-bond acceptors (Lipinski definition) is 6. The minimum Gasteiger partial charge on any atom is -0.208 e. The SMILES string of the molecule is c1ccc(-c2ccc(-c3ccccc3)c(-c3cccc(-c4nc(-c5ccccc5)nc(-c5ccc6c(c5)C5c7ccccc7C6c6cc(-c7nc(-c8ccccc8)nc(-c8ccccc8)n7)ccc65)n4)c3)c2)cc1. The van der Waals surface area contributed by atoms with Crippen LogP contribution in [0.2, 0.25) is 0 Å². The fourth-order valence-electron chi connectivity index (χ4n) is 11.1. The summed E-state index contributed by atoms with van der Waals surface area (Å²) in [5, 5.41) is 0. The van der Waals surface area contributed by atoms with E-state index in [0.29, 0.717) is 34.9 Å². The molecule has 6 heteroatoms. The van der Waals surface area contributed by atoms with Gasteiger partial charge in [0.2, 0.25) is 0 Å². The molecule has 2 unspecified atom stereocenters. The average molecular weight is 945 g/mol. The Hall–Kier alpha value is -9.78. The zero-order chi connectivity index (χ0) is 49.0. The van der Waals surface area contributed by atoms with Gasteiger partial charge >= 0.3 is 0 Å². The smallest absolute Gasteiger partial charge is 0.164 e. The normalized spacial score (nSPS) is 13.9. The lowest BCUT2D eigenvalue weighted by Crippen LogP contribution is -2.27. The lowest BCUT2D eigenvalue weighted by atomic mass is 9.61. The molecule has 0 saturated heterocycles. The molecule has 2 atom stereocenters. The summed E-state index contributed by atoms with van der Waals surface area (Å²) >= 11 is 0. The molecule has 3 aliphatic carbocycles. The highest BCUT2D eigenvalue weighted by Gasteiger charge is 2.41. The summed E-state index contributed by atoms with van der Waals surface area (Å²) in [4.78, 5) is 31.0. The van der Waals surface area contributed by atoms with Gasteiger partial charge in [0.1, 0.15) is 0 Å². The van der Waals surface area contributed by atoms with Gasteiger partial charge < -0.3 is 0 Å². The molecule has 15 rings (SSSR count). The second-order valence-electron chi connectivity index (χ2n) is 19.0. The van der Waals surface area contributed by atoms with Crippen LogP contribution in [0.3, 0.4) is 0 Å². The van der Waals surface area contributed by atoms with Crippen molar-refractivity contribution in [3.63, 3.8) is 0 Å². The Labute approximate surface area is 429 Å². The van der Waals surface area contributed by atoms with Gasteiger partial charge in [-0.2, -0.15) is 0 Å². The first-order chi connectivity index (χ1) is 36.7. The van der Waals surface area contributed by atoms with Gasteiger partial charge in [-0.25, -0.2) is 29.9 Å². The van der Waals surface area contributed by atoms with Crippen LogP contribution >= 0.6 is 0 Å². The first-order valence-corrected chi connectivity index (χ1v) is 25.1. The fraction of sp³-hybridized carbons (Fsp3) is 0.0294. The van der Waals surface area contributed by atoms with E-state index in [0.717, 1.165) is 61.2 Å². The summed E-state index contributed by atoms with van der Waals surface area (Å²) in [7, 11) is 0. The predicted molar refractivity (Wildman–Crippen MR) is 297 cm³/mol. The molecule has 346 valence electrons. The van der Waals surface area contributed by atoms with Crippen LogP contribution in [-0.4, -0.2) is 29.9 Å². The Morgan fingerprint density at radius 2 is 0.500 bits per heavy atom. The summed E-state index contributed by atoms with van der Waals surface area (Å²) in [6.07, 6.45) is 0. The average Bonchev–Trinajstić information content (AvgIpc) is 3.56. The van der Waals surface area contributed by atoms with Crippen LogP contribution in [-0.2, 0) is 0 Å². The van der Waals surface area contributed by atoms with Crippen molar-refractivity contribution in [2.24, 2.45) is 0 Å². The van der Waals surface area contributed by atoms with Crippen LogP contribution in [0, 0.1) is 0 Å². The Balaban J connectivity index is 0.879. The van der Waals surface area contributed by atoms with Crippen LogP contribution in [0.15, 0.2) is 255 Å². The highest BCUT2D eigenvalue weighted by molar-refractivity contribution is 5.88. The van der Waals surface area contributed by atoms with Crippen LogP contribution in [0.25, 0.3) is 102 Å². The minimum atomic E-state index is 0.00496. The van der Waals surface area contributed by atoms with Crippen molar-refractivity contribution in [3.8, 4) is 102 Å². The monoisotopic (exact) mass is 944 g/mol. The molecule has 0 spiro atoms. The standard InChI is InChI=1S/C68H44N6/c1-6-19-43(20-7-1)48-33-36-53(44-21-8-2-9-22-44)58(40-48)49-29-18-30-50(39-49)66-70-65(47-27-14-5-15-28-47)73-68(74-66)52-35-38-57-60(42-52)62-55-32-17-16-31-54(55)61(57)59-41-51(34-37-56(59)62)67-71-63(45-23-10-3-11-24-45)69-64(72-67)46-25-12-4-13-26-46/h1-42,61-62H. The van der Waals surface area contributed by atoms with Gasteiger partial charge in [-0.1, -0.05) is 231 Å². The molecule has 0 radical (unpaired) electrons. The quantitative estimate of drug-likeness (QED) is 0.143. The fourth-order valence-corrected chi connectivity index (χ4v) is 11.1. The first kappa shape index (κ1) is 43.0. The van der Waals surface area contributed by atoms with Gasteiger partial charge in [-0.05, 0) is 91.0 Å². The van der Waals surface area contributed by atoms with Crippen molar-refractivity contribution in [1.82, 2.24) is 29.9 Å².